The minimum Gasteiger partial charge on any atom is -0.330 e. The van der Waals surface area contributed by atoms with Crippen LogP contribution in [0.25, 0.3) is 0 Å². The first-order valence-corrected chi connectivity index (χ1v) is 6.19. The Labute approximate surface area is 97.2 Å². The maximum Gasteiger partial charge on any atom is 0.0647 e. The van der Waals surface area contributed by atoms with E-state index in [0.29, 0.717) is 12.6 Å². The molecular formula is C12H22N4. The van der Waals surface area contributed by atoms with Crippen molar-refractivity contribution in [1.82, 2.24) is 15.1 Å². The lowest BCUT2D eigenvalue weighted by Crippen LogP contribution is -2.32. The van der Waals surface area contributed by atoms with Gasteiger partial charge in [0.05, 0.1) is 11.7 Å². The standard InChI is InChI=1S/C12H22N4/c1-9-12(5-6-13)10(2)16(15-9)11-4-3-7-14-8-11/h11,14H,3-8,13H2,1-2H3. The van der Waals surface area contributed by atoms with Crippen LogP contribution in [0.4, 0.5) is 0 Å². The maximum atomic E-state index is 5.64. The molecule has 1 atom stereocenters. The number of piperidine rings is 1. The molecule has 0 radical (unpaired) electrons. The zero-order valence-electron chi connectivity index (χ0n) is 10.3. The van der Waals surface area contributed by atoms with Crippen LogP contribution in [0.2, 0.25) is 0 Å². The second-order valence-corrected chi connectivity index (χ2v) is 4.63. The Hall–Kier alpha value is -0.870. The zero-order valence-corrected chi connectivity index (χ0v) is 10.3. The van der Waals surface area contributed by atoms with Crippen molar-refractivity contribution in [1.29, 1.82) is 0 Å². The Bertz CT molecular complexity index is 350. The first kappa shape index (κ1) is 11.6. The summed E-state index contributed by atoms with van der Waals surface area (Å²) < 4.78 is 2.20. The molecule has 3 N–H and O–H groups in total. The molecule has 1 aliphatic rings. The van der Waals surface area contributed by atoms with Crippen molar-refractivity contribution in [2.24, 2.45) is 5.73 Å². The second kappa shape index (κ2) is 4.97. The van der Waals surface area contributed by atoms with E-state index in [2.05, 4.69) is 28.9 Å². The molecule has 0 aliphatic carbocycles. The normalized spacial score (nSPS) is 21.3. The van der Waals surface area contributed by atoms with Crippen molar-refractivity contribution in [2.45, 2.75) is 39.2 Å². The summed E-state index contributed by atoms with van der Waals surface area (Å²) in [6, 6.07) is 0.527. The molecule has 0 aromatic carbocycles. The van der Waals surface area contributed by atoms with E-state index in [1.807, 2.05) is 0 Å². The number of rotatable bonds is 3. The molecule has 0 spiro atoms. The van der Waals surface area contributed by atoms with Crippen molar-refractivity contribution in [2.75, 3.05) is 19.6 Å². The van der Waals surface area contributed by atoms with Crippen molar-refractivity contribution in [3.8, 4) is 0 Å². The predicted octanol–water partition coefficient (Wildman–Crippen LogP) is 0.926. The van der Waals surface area contributed by atoms with Crippen LogP contribution in [0.5, 0.6) is 0 Å². The van der Waals surface area contributed by atoms with E-state index in [-0.39, 0.29) is 0 Å². The minimum absolute atomic E-state index is 0.527. The van der Waals surface area contributed by atoms with Crippen molar-refractivity contribution in [3.63, 3.8) is 0 Å². The van der Waals surface area contributed by atoms with Gasteiger partial charge in [-0.25, -0.2) is 0 Å². The Morgan fingerprint density at radius 2 is 2.31 bits per heavy atom. The topological polar surface area (TPSA) is 55.9 Å². The Morgan fingerprint density at radius 3 is 2.94 bits per heavy atom. The highest BCUT2D eigenvalue weighted by atomic mass is 15.3. The van der Waals surface area contributed by atoms with Crippen LogP contribution in [0.15, 0.2) is 0 Å². The van der Waals surface area contributed by atoms with Crippen LogP contribution in [0.3, 0.4) is 0 Å². The monoisotopic (exact) mass is 222 g/mol. The van der Waals surface area contributed by atoms with Gasteiger partial charge in [0.15, 0.2) is 0 Å². The molecule has 0 saturated carbocycles. The third-order valence-corrected chi connectivity index (χ3v) is 3.49. The third-order valence-electron chi connectivity index (χ3n) is 3.49. The number of aromatic nitrogens is 2. The molecule has 1 aromatic heterocycles. The molecule has 1 aromatic rings. The van der Waals surface area contributed by atoms with Crippen LogP contribution >= 0.6 is 0 Å². The summed E-state index contributed by atoms with van der Waals surface area (Å²) >= 11 is 0. The summed E-state index contributed by atoms with van der Waals surface area (Å²) in [7, 11) is 0. The van der Waals surface area contributed by atoms with Gasteiger partial charge in [0, 0.05) is 12.2 Å². The summed E-state index contributed by atoms with van der Waals surface area (Å²) in [5.74, 6) is 0. The van der Waals surface area contributed by atoms with Crippen LogP contribution in [0, 0.1) is 13.8 Å². The number of hydrogen-bond acceptors (Lipinski definition) is 3. The predicted molar refractivity (Wildman–Crippen MR) is 65.6 cm³/mol. The molecule has 2 rings (SSSR count). The Kier molecular flexibility index (Phi) is 3.61. The van der Waals surface area contributed by atoms with Gasteiger partial charge in [0.2, 0.25) is 0 Å². The molecule has 0 bridgehead atoms. The van der Waals surface area contributed by atoms with Gasteiger partial charge >= 0.3 is 0 Å². The molecule has 4 nitrogen and oxygen atoms in total. The van der Waals surface area contributed by atoms with Crippen molar-refractivity contribution in [3.05, 3.63) is 17.0 Å². The number of nitrogens with two attached hydrogens (primary N) is 1. The second-order valence-electron chi connectivity index (χ2n) is 4.63. The molecule has 4 heteroatoms. The average molecular weight is 222 g/mol. The summed E-state index contributed by atoms with van der Waals surface area (Å²) in [5.41, 5.74) is 9.43. The molecule has 16 heavy (non-hydrogen) atoms. The maximum absolute atomic E-state index is 5.64. The fourth-order valence-corrected chi connectivity index (χ4v) is 2.60. The van der Waals surface area contributed by atoms with Gasteiger partial charge < -0.3 is 11.1 Å². The SMILES string of the molecule is Cc1nn(C2CCCNC2)c(C)c1CCN. The van der Waals surface area contributed by atoms with Crippen LogP contribution in [-0.2, 0) is 6.42 Å². The van der Waals surface area contributed by atoms with E-state index in [0.717, 1.165) is 25.2 Å². The van der Waals surface area contributed by atoms with Gasteiger partial charge in [-0.1, -0.05) is 0 Å². The van der Waals surface area contributed by atoms with Crippen LogP contribution in [0.1, 0.15) is 35.8 Å². The first-order valence-electron chi connectivity index (χ1n) is 6.19. The molecular weight excluding hydrogens is 200 g/mol. The van der Waals surface area contributed by atoms with Gasteiger partial charge in [-0.05, 0) is 51.8 Å². The number of nitrogens with one attached hydrogen (secondary N) is 1. The lowest BCUT2D eigenvalue weighted by molar-refractivity contribution is 0.341. The van der Waals surface area contributed by atoms with E-state index in [9.17, 15) is 0 Å². The molecule has 2 heterocycles. The quantitative estimate of drug-likeness (QED) is 0.800. The fourth-order valence-electron chi connectivity index (χ4n) is 2.60. The van der Waals surface area contributed by atoms with Gasteiger partial charge in [-0.15, -0.1) is 0 Å². The van der Waals surface area contributed by atoms with E-state index in [1.165, 1.54) is 24.1 Å². The molecule has 0 amide bonds. The highest BCUT2D eigenvalue weighted by Gasteiger charge is 2.20. The molecule has 1 saturated heterocycles. The van der Waals surface area contributed by atoms with E-state index < -0.39 is 0 Å². The highest BCUT2D eigenvalue weighted by molar-refractivity contribution is 5.25. The average Bonchev–Trinajstić information content (AvgIpc) is 2.59. The zero-order chi connectivity index (χ0) is 11.5. The van der Waals surface area contributed by atoms with Crippen molar-refractivity contribution < 1.29 is 0 Å². The molecule has 1 aliphatic heterocycles. The Balaban J connectivity index is 2.23. The number of hydrogen-bond donors (Lipinski definition) is 2. The number of nitrogens with zero attached hydrogens (tertiary/aromatic N) is 2. The smallest absolute Gasteiger partial charge is 0.0647 e. The summed E-state index contributed by atoms with van der Waals surface area (Å²) in [4.78, 5) is 0. The first-order chi connectivity index (χ1) is 7.74. The highest BCUT2D eigenvalue weighted by Crippen LogP contribution is 2.22. The van der Waals surface area contributed by atoms with E-state index in [4.69, 9.17) is 5.73 Å². The molecule has 1 fully saturated rings. The van der Waals surface area contributed by atoms with Gasteiger partial charge in [-0.3, -0.25) is 4.68 Å². The largest absolute Gasteiger partial charge is 0.330 e. The lowest BCUT2D eigenvalue weighted by atomic mass is 10.1. The number of aryl methyl sites for hydroxylation is 1. The summed E-state index contributed by atoms with van der Waals surface area (Å²) in [6.07, 6.45) is 3.42. The molecule has 90 valence electrons. The van der Waals surface area contributed by atoms with Crippen LogP contribution < -0.4 is 11.1 Å². The minimum atomic E-state index is 0.527. The third kappa shape index (κ3) is 2.13. The molecule has 1 unspecified atom stereocenters. The fraction of sp³-hybridized carbons (Fsp3) is 0.750. The summed E-state index contributed by atoms with van der Waals surface area (Å²) in [5, 5.41) is 8.11. The Morgan fingerprint density at radius 1 is 1.50 bits per heavy atom. The van der Waals surface area contributed by atoms with Gasteiger partial charge in [0.25, 0.3) is 0 Å². The van der Waals surface area contributed by atoms with Crippen molar-refractivity contribution >= 4 is 0 Å². The summed E-state index contributed by atoms with van der Waals surface area (Å²) in [6.45, 7) is 7.15. The van der Waals surface area contributed by atoms with E-state index in [1.54, 1.807) is 0 Å². The van der Waals surface area contributed by atoms with Gasteiger partial charge in [0.1, 0.15) is 0 Å². The van der Waals surface area contributed by atoms with Gasteiger partial charge in [-0.2, -0.15) is 5.10 Å². The lowest BCUT2D eigenvalue weighted by Gasteiger charge is -2.24. The van der Waals surface area contributed by atoms with Crippen LogP contribution in [-0.4, -0.2) is 29.4 Å². The van der Waals surface area contributed by atoms with E-state index >= 15 is 0 Å².